The normalized spacial score (nSPS) is 13.3. The Morgan fingerprint density at radius 2 is 2.08 bits per heavy atom. The molecule has 12 heavy (non-hydrogen) atoms. The zero-order valence-corrected chi connectivity index (χ0v) is 8.26. The number of rotatable bonds is 6. The van der Waals surface area contributed by atoms with E-state index in [1.165, 1.54) is 0 Å². The maximum absolute atomic E-state index is 10.4. The maximum atomic E-state index is 10.4. The summed E-state index contributed by atoms with van der Waals surface area (Å²) in [5, 5.41) is 3.30. The summed E-state index contributed by atoms with van der Waals surface area (Å²) in [6, 6.07) is 0.504. The first-order chi connectivity index (χ1) is 5.57. The number of nitrogens with two attached hydrogens (primary N) is 1. The molecule has 72 valence electrons. The second-order valence-electron chi connectivity index (χ2n) is 3.43. The highest BCUT2D eigenvalue weighted by molar-refractivity contribution is 5.73. The monoisotopic (exact) mass is 172 g/mol. The van der Waals surface area contributed by atoms with Crippen molar-refractivity contribution in [1.29, 1.82) is 0 Å². The molecule has 3 nitrogen and oxygen atoms in total. The number of carbonyl (C=O) groups is 1. The molecule has 0 heterocycles. The lowest BCUT2D eigenvalue weighted by Gasteiger charge is -2.20. The van der Waals surface area contributed by atoms with E-state index in [0.717, 1.165) is 6.42 Å². The van der Waals surface area contributed by atoms with Crippen LogP contribution >= 0.6 is 0 Å². The molecule has 0 aromatic carbocycles. The van der Waals surface area contributed by atoms with Crippen molar-refractivity contribution in [2.45, 2.75) is 39.7 Å². The largest absolute Gasteiger partial charge is 0.370 e. The molecule has 3 N–H and O–H groups in total. The fraction of sp³-hybridized carbons (Fsp3) is 0.889. The van der Waals surface area contributed by atoms with Gasteiger partial charge in [0.25, 0.3) is 0 Å². The molecule has 0 aromatic rings. The minimum Gasteiger partial charge on any atom is -0.370 e. The maximum Gasteiger partial charge on any atom is 0.218 e. The Kier molecular flexibility index (Phi) is 5.72. The predicted octanol–water partition coefficient (Wildman–Crippen LogP) is 0.886. The SMILES string of the molecule is CCC(NCCC(N)=O)C(C)C. The van der Waals surface area contributed by atoms with Crippen molar-refractivity contribution in [3.05, 3.63) is 0 Å². The Balaban J connectivity index is 3.51. The van der Waals surface area contributed by atoms with Gasteiger partial charge in [0.15, 0.2) is 0 Å². The Hall–Kier alpha value is -0.570. The molecule has 1 unspecified atom stereocenters. The molecule has 0 saturated carbocycles. The van der Waals surface area contributed by atoms with Gasteiger partial charge in [-0.1, -0.05) is 20.8 Å². The molecule has 0 aliphatic carbocycles. The summed E-state index contributed by atoms with van der Waals surface area (Å²) >= 11 is 0. The number of hydrogen-bond donors (Lipinski definition) is 2. The highest BCUT2D eigenvalue weighted by Crippen LogP contribution is 2.04. The van der Waals surface area contributed by atoms with E-state index in [1.54, 1.807) is 0 Å². The van der Waals surface area contributed by atoms with E-state index in [1.807, 2.05) is 0 Å². The van der Waals surface area contributed by atoms with Crippen LogP contribution in [0.25, 0.3) is 0 Å². The van der Waals surface area contributed by atoms with Gasteiger partial charge in [-0.15, -0.1) is 0 Å². The van der Waals surface area contributed by atoms with Crippen molar-refractivity contribution < 1.29 is 4.79 Å². The second-order valence-corrected chi connectivity index (χ2v) is 3.43. The standard InChI is InChI=1S/C9H20N2O/c1-4-8(7(2)3)11-6-5-9(10)12/h7-8,11H,4-6H2,1-3H3,(H2,10,12). The fourth-order valence-electron chi connectivity index (χ4n) is 1.23. The Labute approximate surface area is 74.7 Å². The molecule has 0 aromatic heterocycles. The average Bonchev–Trinajstić information content (AvgIpc) is 1.96. The molecule has 0 aliphatic heterocycles. The summed E-state index contributed by atoms with van der Waals surface area (Å²) in [6.45, 7) is 7.19. The van der Waals surface area contributed by atoms with E-state index in [-0.39, 0.29) is 5.91 Å². The smallest absolute Gasteiger partial charge is 0.218 e. The van der Waals surface area contributed by atoms with Crippen LogP contribution in [0.3, 0.4) is 0 Å². The van der Waals surface area contributed by atoms with Crippen molar-refractivity contribution in [2.24, 2.45) is 11.7 Å². The van der Waals surface area contributed by atoms with Crippen LogP contribution in [-0.4, -0.2) is 18.5 Å². The van der Waals surface area contributed by atoms with Crippen molar-refractivity contribution in [3.8, 4) is 0 Å². The second kappa shape index (κ2) is 6.00. The minimum absolute atomic E-state index is 0.235. The quantitative estimate of drug-likeness (QED) is 0.625. The average molecular weight is 172 g/mol. The number of primary amides is 1. The molecule has 0 rings (SSSR count). The summed E-state index contributed by atoms with van der Waals surface area (Å²) in [5.41, 5.74) is 5.02. The zero-order chi connectivity index (χ0) is 9.56. The lowest BCUT2D eigenvalue weighted by Crippen LogP contribution is -2.35. The highest BCUT2D eigenvalue weighted by atomic mass is 16.1. The lowest BCUT2D eigenvalue weighted by atomic mass is 10.0. The molecule has 0 spiro atoms. The topological polar surface area (TPSA) is 55.1 Å². The Morgan fingerprint density at radius 1 is 1.50 bits per heavy atom. The van der Waals surface area contributed by atoms with E-state index >= 15 is 0 Å². The van der Waals surface area contributed by atoms with E-state index in [2.05, 4.69) is 26.1 Å². The molecular formula is C9H20N2O. The molecule has 0 aliphatic rings. The van der Waals surface area contributed by atoms with Gasteiger partial charge in [0.05, 0.1) is 0 Å². The minimum atomic E-state index is -0.235. The molecule has 0 bridgehead atoms. The number of nitrogens with one attached hydrogen (secondary N) is 1. The van der Waals surface area contributed by atoms with E-state index in [0.29, 0.717) is 24.9 Å². The van der Waals surface area contributed by atoms with E-state index < -0.39 is 0 Å². The van der Waals surface area contributed by atoms with Gasteiger partial charge >= 0.3 is 0 Å². The van der Waals surface area contributed by atoms with E-state index in [9.17, 15) is 4.79 Å². The molecule has 0 fully saturated rings. The zero-order valence-electron chi connectivity index (χ0n) is 8.26. The first-order valence-electron chi connectivity index (χ1n) is 4.59. The van der Waals surface area contributed by atoms with Crippen LogP contribution in [0.15, 0.2) is 0 Å². The van der Waals surface area contributed by atoms with E-state index in [4.69, 9.17) is 5.73 Å². The first kappa shape index (κ1) is 11.4. The summed E-state index contributed by atoms with van der Waals surface area (Å²) in [5.74, 6) is 0.379. The summed E-state index contributed by atoms with van der Waals surface area (Å²) < 4.78 is 0. The van der Waals surface area contributed by atoms with Crippen LogP contribution in [0.4, 0.5) is 0 Å². The molecule has 0 saturated heterocycles. The fourth-order valence-corrected chi connectivity index (χ4v) is 1.23. The molecule has 3 heteroatoms. The third-order valence-corrected chi connectivity index (χ3v) is 2.02. The van der Waals surface area contributed by atoms with Crippen LogP contribution < -0.4 is 11.1 Å². The highest BCUT2D eigenvalue weighted by Gasteiger charge is 2.09. The van der Waals surface area contributed by atoms with Gasteiger partial charge in [0, 0.05) is 19.0 Å². The van der Waals surface area contributed by atoms with Crippen LogP contribution in [0.2, 0.25) is 0 Å². The molecular weight excluding hydrogens is 152 g/mol. The number of carbonyl (C=O) groups excluding carboxylic acids is 1. The van der Waals surface area contributed by atoms with Gasteiger partial charge in [-0.3, -0.25) is 4.79 Å². The lowest BCUT2D eigenvalue weighted by molar-refractivity contribution is -0.117. The van der Waals surface area contributed by atoms with Crippen LogP contribution in [0, 0.1) is 5.92 Å². The Morgan fingerprint density at radius 3 is 2.42 bits per heavy atom. The Bertz CT molecular complexity index is 134. The van der Waals surface area contributed by atoms with Crippen LogP contribution in [-0.2, 0) is 4.79 Å². The van der Waals surface area contributed by atoms with Gasteiger partial charge in [0.2, 0.25) is 5.91 Å². The predicted molar refractivity (Wildman–Crippen MR) is 50.7 cm³/mol. The first-order valence-corrected chi connectivity index (χ1v) is 4.59. The summed E-state index contributed by atoms with van der Waals surface area (Å²) in [4.78, 5) is 10.4. The van der Waals surface area contributed by atoms with Crippen molar-refractivity contribution in [1.82, 2.24) is 5.32 Å². The molecule has 1 atom stereocenters. The van der Waals surface area contributed by atoms with Gasteiger partial charge in [-0.2, -0.15) is 0 Å². The van der Waals surface area contributed by atoms with Crippen LogP contribution in [0.5, 0.6) is 0 Å². The van der Waals surface area contributed by atoms with Gasteiger partial charge < -0.3 is 11.1 Å². The van der Waals surface area contributed by atoms with Gasteiger partial charge in [-0.05, 0) is 12.3 Å². The third kappa shape index (κ3) is 5.13. The number of amides is 1. The van der Waals surface area contributed by atoms with Crippen molar-refractivity contribution >= 4 is 5.91 Å². The summed E-state index contributed by atoms with van der Waals surface area (Å²) in [7, 11) is 0. The van der Waals surface area contributed by atoms with Crippen molar-refractivity contribution in [2.75, 3.05) is 6.54 Å². The number of hydrogen-bond acceptors (Lipinski definition) is 2. The van der Waals surface area contributed by atoms with Crippen molar-refractivity contribution in [3.63, 3.8) is 0 Å². The summed E-state index contributed by atoms with van der Waals surface area (Å²) in [6.07, 6.45) is 1.53. The molecule has 0 radical (unpaired) electrons. The van der Waals surface area contributed by atoms with Gasteiger partial charge in [-0.25, -0.2) is 0 Å². The van der Waals surface area contributed by atoms with Crippen LogP contribution in [0.1, 0.15) is 33.6 Å². The molecule has 1 amide bonds. The van der Waals surface area contributed by atoms with Gasteiger partial charge in [0.1, 0.15) is 0 Å². The third-order valence-electron chi connectivity index (χ3n) is 2.02.